The average molecular weight is 251 g/mol. The molecule has 1 aliphatic heterocycles. The van der Waals surface area contributed by atoms with Crippen molar-refractivity contribution in [3.8, 4) is 0 Å². The van der Waals surface area contributed by atoms with Crippen molar-refractivity contribution in [3.63, 3.8) is 0 Å². The molecule has 2 heterocycles. The highest BCUT2D eigenvalue weighted by Crippen LogP contribution is 2.22. The molecule has 0 aliphatic carbocycles. The molecule has 0 spiro atoms. The van der Waals surface area contributed by atoms with Gasteiger partial charge in [0, 0.05) is 25.6 Å². The zero-order chi connectivity index (χ0) is 13.0. The Bertz CT molecular complexity index is 378. The van der Waals surface area contributed by atoms with Gasteiger partial charge in [-0.1, -0.05) is 6.92 Å². The zero-order valence-corrected chi connectivity index (χ0v) is 10.8. The number of piperidine rings is 1. The van der Waals surface area contributed by atoms with Crippen LogP contribution in [0.15, 0.2) is 12.7 Å². The highest BCUT2D eigenvalue weighted by atomic mass is 16.2. The van der Waals surface area contributed by atoms with E-state index in [0.717, 1.165) is 19.4 Å². The predicted molar refractivity (Wildman–Crippen MR) is 67.6 cm³/mol. The normalized spacial score (nSPS) is 24.2. The van der Waals surface area contributed by atoms with Crippen LogP contribution >= 0.6 is 0 Å². The smallest absolute Gasteiger partial charge is 0.224 e. The van der Waals surface area contributed by atoms with Gasteiger partial charge in [0.25, 0.3) is 0 Å². The zero-order valence-electron chi connectivity index (χ0n) is 10.8. The predicted octanol–water partition coefficient (Wildman–Crippen LogP) is 0.254. The lowest BCUT2D eigenvalue weighted by molar-refractivity contribution is -0.135. The minimum absolute atomic E-state index is 0.174. The third kappa shape index (κ3) is 3.07. The first-order chi connectivity index (χ1) is 8.70. The number of nitrogens with zero attached hydrogens (tertiary/aromatic N) is 4. The molecule has 100 valence electrons. The maximum absolute atomic E-state index is 12.2. The molecule has 2 rings (SSSR count). The number of aromatic nitrogens is 3. The molecular weight excluding hydrogens is 230 g/mol. The molecule has 2 N–H and O–H groups in total. The van der Waals surface area contributed by atoms with Gasteiger partial charge in [0.05, 0.1) is 6.54 Å². The Hall–Kier alpha value is -1.43. The van der Waals surface area contributed by atoms with Crippen molar-refractivity contribution in [3.05, 3.63) is 12.7 Å². The van der Waals surface area contributed by atoms with E-state index in [-0.39, 0.29) is 11.9 Å². The Labute approximate surface area is 107 Å². The van der Waals surface area contributed by atoms with Gasteiger partial charge in [0.1, 0.15) is 12.7 Å². The lowest BCUT2D eigenvalue weighted by Gasteiger charge is -2.38. The van der Waals surface area contributed by atoms with Crippen LogP contribution < -0.4 is 5.73 Å². The fourth-order valence-electron chi connectivity index (χ4n) is 2.51. The minimum Gasteiger partial charge on any atom is -0.338 e. The summed E-state index contributed by atoms with van der Waals surface area (Å²) >= 11 is 0. The first kappa shape index (κ1) is 13.0. The Balaban J connectivity index is 1.87. The standard InChI is InChI=1S/C12H21N5O/c1-10-2-5-17(11(6-10)7-13)12(18)3-4-16-9-14-8-15-16/h8-11H,2-7,13H2,1H3. The van der Waals surface area contributed by atoms with E-state index >= 15 is 0 Å². The summed E-state index contributed by atoms with van der Waals surface area (Å²) in [6.45, 7) is 4.20. The highest BCUT2D eigenvalue weighted by Gasteiger charge is 2.28. The molecule has 6 heteroatoms. The summed E-state index contributed by atoms with van der Waals surface area (Å²) in [4.78, 5) is 18.0. The molecule has 0 saturated carbocycles. The monoisotopic (exact) mass is 251 g/mol. The number of likely N-dealkylation sites (tertiary alicyclic amines) is 1. The summed E-state index contributed by atoms with van der Waals surface area (Å²) in [5, 5.41) is 3.99. The Kier molecular flexibility index (Phi) is 4.30. The van der Waals surface area contributed by atoms with Crippen LogP contribution in [0.25, 0.3) is 0 Å². The van der Waals surface area contributed by atoms with Gasteiger partial charge in [-0.3, -0.25) is 9.48 Å². The lowest BCUT2D eigenvalue weighted by atomic mass is 9.92. The number of hydrogen-bond acceptors (Lipinski definition) is 4. The van der Waals surface area contributed by atoms with Crippen molar-refractivity contribution in [2.24, 2.45) is 11.7 Å². The number of aryl methyl sites for hydroxylation is 1. The molecule has 2 unspecified atom stereocenters. The second-order valence-corrected chi connectivity index (χ2v) is 5.01. The molecule has 1 aromatic heterocycles. The van der Waals surface area contributed by atoms with E-state index in [1.54, 1.807) is 11.0 Å². The molecule has 1 amide bonds. The molecule has 0 radical (unpaired) electrons. The number of carbonyl (C=O) groups is 1. The van der Waals surface area contributed by atoms with Gasteiger partial charge >= 0.3 is 0 Å². The van der Waals surface area contributed by atoms with Crippen molar-refractivity contribution in [1.82, 2.24) is 19.7 Å². The average Bonchev–Trinajstić information content (AvgIpc) is 2.88. The summed E-state index contributed by atoms with van der Waals surface area (Å²) in [5.74, 6) is 0.839. The molecule has 0 aromatic carbocycles. The molecule has 1 aromatic rings. The number of amides is 1. The molecule has 1 fully saturated rings. The van der Waals surface area contributed by atoms with Crippen molar-refractivity contribution in [2.75, 3.05) is 13.1 Å². The number of hydrogen-bond donors (Lipinski definition) is 1. The topological polar surface area (TPSA) is 77.0 Å². The maximum Gasteiger partial charge on any atom is 0.224 e. The summed E-state index contributed by atoms with van der Waals surface area (Å²) in [5.41, 5.74) is 5.76. The Morgan fingerprint density at radius 2 is 2.39 bits per heavy atom. The van der Waals surface area contributed by atoms with Crippen LogP contribution in [-0.4, -0.2) is 44.7 Å². The number of carbonyl (C=O) groups excluding carboxylic acids is 1. The molecule has 1 aliphatic rings. The van der Waals surface area contributed by atoms with Crippen LogP contribution in [0.5, 0.6) is 0 Å². The van der Waals surface area contributed by atoms with Gasteiger partial charge < -0.3 is 10.6 Å². The van der Waals surface area contributed by atoms with Crippen molar-refractivity contribution >= 4 is 5.91 Å². The molecular formula is C12H21N5O. The van der Waals surface area contributed by atoms with E-state index in [2.05, 4.69) is 17.0 Å². The number of nitrogens with two attached hydrogens (primary N) is 1. The fraction of sp³-hybridized carbons (Fsp3) is 0.750. The van der Waals surface area contributed by atoms with E-state index in [0.29, 0.717) is 25.4 Å². The van der Waals surface area contributed by atoms with E-state index < -0.39 is 0 Å². The van der Waals surface area contributed by atoms with Crippen LogP contribution in [0.4, 0.5) is 0 Å². The van der Waals surface area contributed by atoms with Crippen LogP contribution in [-0.2, 0) is 11.3 Å². The first-order valence-electron chi connectivity index (χ1n) is 6.52. The fourth-order valence-corrected chi connectivity index (χ4v) is 2.51. The highest BCUT2D eigenvalue weighted by molar-refractivity contribution is 5.76. The summed E-state index contributed by atoms with van der Waals surface area (Å²) in [7, 11) is 0. The third-order valence-corrected chi connectivity index (χ3v) is 3.59. The van der Waals surface area contributed by atoms with Gasteiger partial charge in [-0.15, -0.1) is 0 Å². The van der Waals surface area contributed by atoms with Gasteiger partial charge in [0.15, 0.2) is 0 Å². The van der Waals surface area contributed by atoms with E-state index in [4.69, 9.17) is 5.73 Å². The SMILES string of the molecule is CC1CCN(C(=O)CCn2cncn2)C(CN)C1. The lowest BCUT2D eigenvalue weighted by Crippen LogP contribution is -2.49. The Morgan fingerprint density at radius 3 is 3.06 bits per heavy atom. The van der Waals surface area contributed by atoms with Gasteiger partial charge in [-0.25, -0.2) is 4.98 Å². The summed E-state index contributed by atoms with van der Waals surface area (Å²) < 4.78 is 1.68. The summed E-state index contributed by atoms with van der Waals surface area (Å²) in [6, 6.07) is 0.206. The van der Waals surface area contributed by atoms with E-state index in [1.807, 2.05) is 4.90 Å². The van der Waals surface area contributed by atoms with Crippen LogP contribution in [0.1, 0.15) is 26.2 Å². The second-order valence-electron chi connectivity index (χ2n) is 5.01. The number of rotatable bonds is 4. The van der Waals surface area contributed by atoms with Gasteiger partial charge in [0.2, 0.25) is 5.91 Å². The van der Waals surface area contributed by atoms with E-state index in [9.17, 15) is 4.79 Å². The van der Waals surface area contributed by atoms with Crippen molar-refractivity contribution in [1.29, 1.82) is 0 Å². The molecule has 18 heavy (non-hydrogen) atoms. The summed E-state index contributed by atoms with van der Waals surface area (Å²) in [6.07, 6.45) is 5.67. The van der Waals surface area contributed by atoms with Crippen LogP contribution in [0, 0.1) is 5.92 Å². The molecule has 2 atom stereocenters. The molecule has 0 bridgehead atoms. The third-order valence-electron chi connectivity index (χ3n) is 3.59. The quantitative estimate of drug-likeness (QED) is 0.832. The van der Waals surface area contributed by atoms with Crippen molar-refractivity contribution < 1.29 is 4.79 Å². The van der Waals surface area contributed by atoms with Crippen LogP contribution in [0.2, 0.25) is 0 Å². The minimum atomic E-state index is 0.174. The van der Waals surface area contributed by atoms with Crippen molar-refractivity contribution in [2.45, 2.75) is 38.8 Å². The largest absolute Gasteiger partial charge is 0.338 e. The van der Waals surface area contributed by atoms with Gasteiger partial charge in [-0.05, 0) is 18.8 Å². The van der Waals surface area contributed by atoms with Gasteiger partial charge in [-0.2, -0.15) is 5.10 Å². The molecule has 1 saturated heterocycles. The second kappa shape index (κ2) is 5.95. The Morgan fingerprint density at radius 1 is 1.56 bits per heavy atom. The van der Waals surface area contributed by atoms with Crippen LogP contribution in [0.3, 0.4) is 0 Å². The van der Waals surface area contributed by atoms with E-state index in [1.165, 1.54) is 6.33 Å². The first-order valence-corrected chi connectivity index (χ1v) is 6.52. The molecule has 6 nitrogen and oxygen atoms in total. The maximum atomic E-state index is 12.2.